The highest BCUT2D eigenvalue weighted by atomic mass is 32.1. The maximum Gasteiger partial charge on any atom is 0.239 e. The first-order chi connectivity index (χ1) is 9.52. The van der Waals surface area contributed by atoms with Crippen molar-refractivity contribution in [1.82, 2.24) is 9.88 Å². The number of rotatable bonds is 5. The summed E-state index contributed by atoms with van der Waals surface area (Å²) in [5, 5.41) is 0.943. The summed E-state index contributed by atoms with van der Waals surface area (Å²) in [5.74, 6) is 0.180. The zero-order valence-electron chi connectivity index (χ0n) is 12.2. The molecule has 0 saturated heterocycles. The Labute approximate surface area is 123 Å². The van der Waals surface area contributed by atoms with Crippen LogP contribution < -0.4 is 5.73 Å². The van der Waals surface area contributed by atoms with Gasteiger partial charge in [-0.1, -0.05) is 32.4 Å². The number of para-hydroxylation sites is 1. The van der Waals surface area contributed by atoms with E-state index in [1.165, 1.54) is 0 Å². The number of benzene rings is 1. The number of carbonyl (C=O) groups is 1. The third kappa shape index (κ3) is 3.16. The first kappa shape index (κ1) is 14.9. The molecule has 0 saturated carbocycles. The van der Waals surface area contributed by atoms with Crippen molar-refractivity contribution in [3.05, 3.63) is 29.3 Å². The average Bonchev–Trinajstić information content (AvgIpc) is 2.86. The number of carbonyl (C=O) groups excluding carboxylic acids is 1. The number of fused-ring (bicyclic) bond motifs is 1. The van der Waals surface area contributed by atoms with Gasteiger partial charge in [-0.05, 0) is 18.1 Å². The Morgan fingerprint density at radius 3 is 2.80 bits per heavy atom. The lowest BCUT2D eigenvalue weighted by atomic mass is 9.99. The molecule has 0 aliphatic carbocycles. The van der Waals surface area contributed by atoms with E-state index in [1.54, 1.807) is 23.3 Å². The van der Waals surface area contributed by atoms with Crippen molar-refractivity contribution in [2.45, 2.75) is 32.9 Å². The summed E-state index contributed by atoms with van der Waals surface area (Å²) in [6.07, 6.45) is 0.905. The molecule has 5 heteroatoms. The molecule has 1 aromatic carbocycles. The number of nitrogens with two attached hydrogens (primary N) is 1. The highest BCUT2D eigenvalue weighted by molar-refractivity contribution is 7.18. The number of hydrogen-bond donors (Lipinski definition) is 1. The summed E-state index contributed by atoms with van der Waals surface area (Å²) >= 11 is 1.62. The molecule has 1 amide bonds. The van der Waals surface area contributed by atoms with Gasteiger partial charge in [0.1, 0.15) is 5.01 Å². The fourth-order valence-electron chi connectivity index (χ4n) is 2.02. The molecular formula is C15H21N3OS. The Hall–Kier alpha value is -1.46. The minimum absolute atomic E-state index is 0.0152. The van der Waals surface area contributed by atoms with Crippen LogP contribution >= 0.6 is 11.3 Å². The van der Waals surface area contributed by atoms with E-state index in [-0.39, 0.29) is 11.8 Å². The zero-order chi connectivity index (χ0) is 14.7. The first-order valence-electron chi connectivity index (χ1n) is 6.88. The molecule has 108 valence electrons. The van der Waals surface area contributed by atoms with Crippen molar-refractivity contribution in [3.63, 3.8) is 0 Å². The van der Waals surface area contributed by atoms with Gasteiger partial charge in [-0.2, -0.15) is 0 Å². The molecule has 2 N–H and O–H groups in total. The second-order valence-corrected chi connectivity index (χ2v) is 6.30. The largest absolute Gasteiger partial charge is 0.338 e. The van der Waals surface area contributed by atoms with Crippen LogP contribution in [0.15, 0.2) is 24.3 Å². The molecule has 0 aliphatic heterocycles. The maximum atomic E-state index is 12.2. The minimum Gasteiger partial charge on any atom is -0.338 e. The van der Waals surface area contributed by atoms with Gasteiger partial charge in [-0.25, -0.2) is 4.98 Å². The summed E-state index contributed by atoms with van der Waals surface area (Å²) in [6.45, 7) is 4.57. The molecule has 1 aromatic heterocycles. The number of aromatic nitrogens is 1. The van der Waals surface area contributed by atoms with Crippen molar-refractivity contribution in [2.75, 3.05) is 7.05 Å². The van der Waals surface area contributed by atoms with E-state index in [2.05, 4.69) is 4.98 Å². The fourth-order valence-corrected chi connectivity index (χ4v) is 3.04. The molecule has 0 bridgehead atoms. The van der Waals surface area contributed by atoms with Crippen LogP contribution in [0.4, 0.5) is 0 Å². The van der Waals surface area contributed by atoms with Gasteiger partial charge in [0.05, 0.1) is 22.8 Å². The standard InChI is InChI=1S/C15H21N3OS/c1-4-10(2)14(16)15(19)18(3)9-13-17-11-7-5-6-8-12(11)20-13/h5-8,10,14H,4,9,16H2,1-3H3. The summed E-state index contributed by atoms with van der Waals surface area (Å²) in [6, 6.07) is 7.57. The van der Waals surface area contributed by atoms with Gasteiger partial charge in [0.25, 0.3) is 0 Å². The van der Waals surface area contributed by atoms with Gasteiger partial charge < -0.3 is 10.6 Å². The fraction of sp³-hybridized carbons (Fsp3) is 0.467. The van der Waals surface area contributed by atoms with Crippen LogP contribution in [0.3, 0.4) is 0 Å². The van der Waals surface area contributed by atoms with Gasteiger partial charge in [0, 0.05) is 7.05 Å². The zero-order valence-corrected chi connectivity index (χ0v) is 13.0. The van der Waals surface area contributed by atoms with E-state index in [1.807, 2.05) is 38.1 Å². The van der Waals surface area contributed by atoms with Crippen molar-refractivity contribution >= 4 is 27.5 Å². The van der Waals surface area contributed by atoms with E-state index in [4.69, 9.17) is 5.73 Å². The topological polar surface area (TPSA) is 59.2 Å². The molecule has 20 heavy (non-hydrogen) atoms. The minimum atomic E-state index is -0.431. The maximum absolute atomic E-state index is 12.2. The molecule has 0 radical (unpaired) electrons. The van der Waals surface area contributed by atoms with Gasteiger partial charge in [-0.15, -0.1) is 11.3 Å². The normalized spacial score (nSPS) is 14.2. The molecule has 2 atom stereocenters. The predicted octanol–water partition coefficient (Wildman–Crippen LogP) is 2.63. The van der Waals surface area contributed by atoms with Crippen LogP contribution in [-0.2, 0) is 11.3 Å². The quantitative estimate of drug-likeness (QED) is 0.921. The number of amides is 1. The van der Waals surface area contributed by atoms with E-state index in [0.717, 1.165) is 21.6 Å². The second kappa shape index (κ2) is 6.33. The summed E-state index contributed by atoms with van der Waals surface area (Å²) in [4.78, 5) is 18.5. The number of nitrogens with zero attached hydrogens (tertiary/aromatic N) is 2. The van der Waals surface area contributed by atoms with Crippen molar-refractivity contribution in [1.29, 1.82) is 0 Å². The molecule has 0 aliphatic rings. The van der Waals surface area contributed by atoms with Gasteiger partial charge in [0.2, 0.25) is 5.91 Å². The van der Waals surface area contributed by atoms with E-state index >= 15 is 0 Å². The lowest BCUT2D eigenvalue weighted by Gasteiger charge is -2.23. The molecule has 2 aromatic rings. The average molecular weight is 291 g/mol. The third-order valence-electron chi connectivity index (χ3n) is 3.63. The van der Waals surface area contributed by atoms with Crippen LogP contribution in [0.5, 0.6) is 0 Å². The smallest absolute Gasteiger partial charge is 0.239 e. The van der Waals surface area contributed by atoms with Crippen LogP contribution in [0.25, 0.3) is 10.2 Å². The summed E-state index contributed by atoms with van der Waals surface area (Å²) in [7, 11) is 1.79. The Bertz CT molecular complexity index is 563. The summed E-state index contributed by atoms with van der Waals surface area (Å²) in [5.41, 5.74) is 6.98. The molecule has 0 fully saturated rings. The van der Waals surface area contributed by atoms with Crippen LogP contribution in [0.1, 0.15) is 25.3 Å². The SMILES string of the molecule is CCC(C)C(N)C(=O)N(C)Cc1nc2ccccc2s1. The van der Waals surface area contributed by atoms with Gasteiger partial charge in [-0.3, -0.25) is 4.79 Å². The Morgan fingerprint density at radius 2 is 2.15 bits per heavy atom. The van der Waals surface area contributed by atoms with Crippen LogP contribution in [-0.4, -0.2) is 28.9 Å². The third-order valence-corrected chi connectivity index (χ3v) is 4.65. The highest BCUT2D eigenvalue weighted by Gasteiger charge is 2.23. The Morgan fingerprint density at radius 1 is 1.45 bits per heavy atom. The van der Waals surface area contributed by atoms with Crippen LogP contribution in [0, 0.1) is 5.92 Å². The first-order valence-corrected chi connectivity index (χ1v) is 7.69. The van der Waals surface area contributed by atoms with E-state index < -0.39 is 6.04 Å². The summed E-state index contributed by atoms with van der Waals surface area (Å²) < 4.78 is 1.15. The molecule has 1 heterocycles. The molecule has 2 unspecified atom stereocenters. The van der Waals surface area contributed by atoms with Crippen LogP contribution in [0.2, 0.25) is 0 Å². The van der Waals surface area contributed by atoms with E-state index in [9.17, 15) is 4.79 Å². The van der Waals surface area contributed by atoms with Crippen molar-refractivity contribution < 1.29 is 4.79 Å². The molecule has 2 rings (SSSR count). The molecular weight excluding hydrogens is 270 g/mol. The number of likely N-dealkylation sites (N-methyl/N-ethyl adjacent to an activating group) is 1. The van der Waals surface area contributed by atoms with Crippen molar-refractivity contribution in [3.8, 4) is 0 Å². The molecule has 4 nitrogen and oxygen atoms in total. The number of thiazole rings is 1. The highest BCUT2D eigenvalue weighted by Crippen LogP contribution is 2.22. The molecule has 0 spiro atoms. The monoisotopic (exact) mass is 291 g/mol. The Kier molecular flexibility index (Phi) is 4.73. The van der Waals surface area contributed by atoms with Crippen molar-refractivity contribution in [2.24, 2.45) is 11.7 Å². The van der Waals surface area contributed by atoms with Gasteiger partial charge >= 0.3 is 0 Å². The predicted molar refractivity (Wildman–Crippen MR) is 83.5 cm³/mol. The number of hydrogen-bond acceptors (Lipinski definition) is 4. The Balaban J connectivity index is 2.07. The second-order valence-electron chi connectivity index (χ2n) is 5.18. The van der Waals surface area contributed by atoms with Gasteiger partial charge in [0.15, 0.2) is 0 Å². The van der Waals surface area contributed by atoms with E-state index in [0.29, 0.717) is 6.54 Å². The lowest BCUT2D eigenvalue weighted by Crippen LogP contribution is -2.45. The lowest BCUT2D eigenvalue weighted by molar-refractivity contribution is -0.132.